The Morgan fingerprint density at radius 1 is 1.47 bits per heavy atom. The van der Waals surface area contributed by atoms with E-state index in [-0.39, 0.29) is 5.41 Å². The van der Waals surface area contributed by atoms with Crippen LogP contribution in [0.1, 0.15) is 45.3 Å². The van der Waals surface area contributed by atoms with E-state index in [4.69, 9.17) is 0 Å². The molecular formula is C12H18FNO. The minimum atomic E-state index is -0.729. The molecule has 1 aromatic heterocycles. The van der Waals surface area contributed by atoms with Crippen LogP contribution in [-0.4, -0.2) is 10.1 Å². The van der Waals surface area contributed by atoms with Crippen molar-refractivity contribution in [3.8, 4) is 0 Å². The molecule has 0 unspecified atom stereocenters. The quantitative estimate of drug-likeness (QED) is 0.833. The molecule has 1 aromatic rings. The Hall–Kier alpha value is -0.960. The molecule has 0 aliphatic rings. The van der Waals surface area contributed by atoms with E-state index in [2.05, 4.69) is 25.8 Å². The van der Waals surface area contributed by atoms with Crippen LogP contribution in [0, 0.1) is 11.2 Å². The fourth-order valence-electron chi connectivity index (χ4n) is 1.38. The van der Waals surface area contributed by atoms with Crippen LogP contribution in [0.3, 0.4) is 0 Å². The molecule has 0 aliphatic carbocycles. The van der Waals surface area contributed by atoms with Gasteiger partial charge in [0.15, 0.2) is 0 Å². The van der Waals surface area contributed by atoms with Crippen molar-refractivity contribution in [1.82, 2.24) is 4.98 Å². The van der Waals surface area contributed by atoms with E-state index < -0.39 is 11.9 Å². The second kappa shape index (κ2) is 4.71. The number of aromatic nitrogens is 1. The summed E-state index contributed by atoms with van der Waals surface area (Å²) in [6, 6.07) is 1.53. The molecule has 0 amide bonds. The molecule has 2 nitrogen and oxygen atoms in total. The van der Waals surface area contributed by atoms with E-state index in [9.17, 15) is 9.50 Å². The third-order valence-electron chi connectivity index (χ3n) is 2.33. The number of rotatable bonds is 3. The van der Waals surface area contributed by atoms with Crippen molar-refractivity contribution in [2.24, 2.45) is 5.41 Å². The highest BCUT2D eigenvalue weighted by Gasteiger charge is 2.17. The average molecular weight is 211 g/mol. The maximum atomic E-state index is 13.2. The maximum absolute atomic E-state index is 13.2. The molecule has 0 spiro atoms. The van der Waals surface area contributed by atoms with Gasteiger partial charge < -0.3 is 5.11 Å². The van der Waals surface area contributed by atoms with Crippen molar-refractivity contribution in [2.75, 3.05) is 0 Å². The highest BCUT2D eigenvalue weighted by Crippen LogP contribution is 2.27. The summed E-state index contributed by atoms with van der Waals surface area (Å²) in [6.45, 7) is 6.30. The summed E-state index contributed by atoms with van der Waals surface area (Å²) in [7, 11) is 0. The Bertz CT molecular complexity index is 320. The first-order chi connectivity index (χ1) is 6.90. The molecule has 1 heterocycles. The van der Waals surface area contributed by atoms with Crippen molar-refractivity contribution in [3.63, 3.8) is 0 Å². The first-order valence-corrected chi connectivity index (χ1v) is 5.17. The molecule has 0 saturated heterocycles. The molecule has 15 heavy (non-hydrogen) atoms. The van der Waals surface area contributed by atoms with Gasteiger partial charge in [-0.2, -0.15) is 0 Å². The van der Waals surface area contributed by atoms with E-state index in [1.807, 2.05) is 0 Å². The van der Waals surface area contributed by atoms with Crippen LogP contribution in [0.2, 0.25) is 0 Å². The smallest absolute Gasteiger partial charge is 0.147 e. The second-order valence-electron chi connectivity index (χ2n) is 5.01. The SMILES string of the molecule is CC(C)(C)CC[C@H](O)c1ccncc1F. The summed E-state index contributed by atoms with van der Waals surface area (Å²) >= 11 is 0. The number of halogens is 1. The monoisotopic (exact) mass is 211 g/mol. The highest BCUT2D eigenvalue weighted by molar-refractivity contribution is 5.15. The van der Waals surface area contributed by atoms with Gasteiger partial charge in [0.2, 0.25) is 0 Å². The fraction of sp³-hybridized carbons (Fsp3) is 0.583. The Labute approximate surface area is 90.2 Å². The van der Waals surface area contributed by atoms with Crippen LogP contribution in [0.25, 0.3) is 0 Å². The topological polar surface area (TPSA) is 33.1 Å². The third-order valence-corrected chi connectivity index (χ3v) is 2.33. The molecule has 0 fully saturated rings. The van der Waals surface area contributed by atoms with Crippen molar-refractivity contribution >= 4 is 0 Å². The largest absolute Gasteiger partial charge is 0.388 e. The summed E-state index contributed by atoms with van der Waals surface area (Å²) in [6.07, 6.45) is 3.33. The number of nitrogens with zero attached hydrogens (tertiary/aromatic N) is 1. The predicted octanol–water partition coefficient (Wildman–Crippen LogP) is 3.08. The van der Waals surface area contributed by atoms with Gasteiger partial charge >= 0.3 is 0 Å². The number of aliphatic hydroxyl groups is 1. The first kappa shape index (κ1) is 12.1. The van der Waals surface area contributed by atoms with Gasteiger partial charge in [-0.3, -0.25) is 4.98 Å². The molecule has 0 bridgehead atoms. The standard InChI is InChI=1S/C12H18FNO/c1-12(2,3)6-4-11(15)9-5-7-14-8-10(9)13/h5,7-8,11,15H,4,6H2,1-3H3/t11-/m0/s1. The van der Waals surface area contributed by atoms with Gasteiger partial charge in [-0.25, -0.2) is 4.39 Å². The zero-order valence-corrected chi connectivity index (χ0v) is 9.50. The van der Waals surface area contributed by atoms with Gasteiger partial charge in [0, 0.05) is 11.8 Å². The molecule has 0 saturated carbocycles. The molecule has 1 N–H and O–H groups in total. The van der Waals surface area contributed by atoms with Gasteiger partial charge in [0.1, 0.15) is 5.82 Å². The summed E-state index contributed by atoms with van der Waals surface area (Å²) < 4.78 is 13.2. The van der Waals surface area contributed by atoms with E-state index in [0.29, 0.717) is 12.0 Å². The number of aliphatic hydroxyl groups excluding tert-OH is 1. The molecule has 0 aromatic carbocycles. The Morgan fingerprint density at radius 3 is 2.67 bits per heavy atom. The van der Waals surface area contributed by atoms with Gasteiger partial charge in [-0.15, -0.1) is 0 Å². The molecule has 3 heteroatoms. The number of hydrogen-bond acceptors (Lipinski definition) is 2. The molecule has 1 atom stereocenters. The fourth-order valence-corrected chi connectivity index (χ4v) is 1.38. The Balaban J connectivity index is 2.62. The number of pyridine rings is 1. The minimum Gasteiger partial charge on any atom is -0.388 e. The van der Waals surface area contributed by atoms with Crippen molar-refractivity contribution < 1.29 is 9.50 Å². The van der Waals surface area contributed by atoms with Crippen molar-refractivity contribution in [1.29, 1.82) is 0 Å². The molecule has 0 radical (unpaired) electrons. The van der Waals surface area contributed by atoms with E-state index in [1.54, 1.807) is 0 Å². The Morgan fingerprint density at radius 2 is 2.13 bits per heavy atom. The summed E-state index contributed by atoms with van der Waals surface area (Å²) in [5.74, 6) is -0.432. The van der Waals surface area contributed by atoms with Crippen molar-refractivity contribution in [3.05, 3.63) is 29.8 Å². The lowest BCUT2D eigenvalue weighted by Gasteiger charge is -2.20. The molecule has 84 valence electrons. The highest BCUT2D eigenvalue weighted by atomic mass is 19.1. The number of hydrogen-bond donors (Lipinski definition) is 1. The minimum absolute atomic E-state index is 0.157. The summed E-state index contributed by atoms with van der Waals surface area (Å²) in [5.41, 5.74) is 0.499. The molecular weight excluding hydrogens is 193 g/mol. The van der Waals surface area contributed by atoms with Crippen LogP contribution >= 0.6 is 0 Å². The summed E-state index contributed by atoms with van der Waals surface area (Å²) in [5, 5.41) is 9.80. The summed E-state index contributed by atoms with van der Waals surface area (Å²) in [4.78, 5) is 3.65. The van der Waals surface area contributed by atoms with Crippen LogP contribution < -0.4 is 0 Å². The first-order valence-electron chi connectivity index (χ1n) is 5.17. The second-order valence-corrected chi connectivity index (χ2v) is 5.01. The van der Waals surface area contributed by atoms with Gasteiger partial charge in [0.05, 0.1) is 12.3 Å². The normalized spacial score (nSPS) is 13.9. The molecule has 1 rings (SSSR count). The van der Waals surface area contributed by atoms with Gasteiger partial charge in [-0.1, -0.05) is 20.8 Å². The van der Waals surface area contributed by atoms with Crippen LogP contribution in [-0.2, 0) is 0 Å². The van der Waals surface area contributed by atoms with Crippen molar-refractivity contribution in [2.45, 2.75) is 39.7 Å². The van der Waals surface area contributed by atoms with E-state index in [1.165, 1.54) is 12.3 Å². The Kier molecular flexibility index (Phi) is 3.80. The van der Waals surface area contributed by atoms with E-state index >= 15 is 0 Å². The van der Waals surface area contributed by atoms with Crippen LogP contribution in [0.5, 0.6) is 0 Å². The zero-order valence-electron chi connectivity index (χ0n) is 9.50. The van der Waals surface area contributed by atoms with Crippen LogP contribution in [0.4, 0.5) is 4.39 Å². The van der Waals surface area contributed by atoms with Gasteiger partial charge in [-0.05, 0) is 24.3 Å². The average Bonchev–Trinajstić information content (AvgIpc) is 2.14. The van der Waals surface area contributed by atoms with Crippen LogP contribution in [0.15, 0.2) is 18.5 Å². The molecule has 0 aliphatic heterocycles. The van der Waals surface area contributed by atoms with E-state index in [0.717, 1.165) is 12.6 Å². The lowest BCUT2D eigenvalue weighted by molar-refractivity contribution is 0.143. The third kappa shape index (κ3) is 3.96. The predicted molar refractivity (Wildman–Crippen MR) is 57.8 cm³/mol. The maximum Gasteiger partial charge on any atom is 0.147 e. The lowest BCUT2D eigenvalue weighted by atomic mass is 9.88. The lowest BCUT2D eigenvalue weighted by Crippen LogP contribution is -2.09. The van der Waals surface area contributed by atoms with Gasteiger partial charge in [0.25, 0.3) is 0 Å². The zero-order chi connectivity index (χ0) is 11.5.